The fraction of sp³-hybridized carbons (Fsp3) is 0.400. The Balaban J connectivity index is 1.43. The van der Waals surface area contributed by atoms with Gasteiger partial charge in [0.15, 0.2) is 0 Å². The molecular weight excluding hydrogens is 284 g/mol. The average molecular weight is 312 g/mol. The van der Waals surface area contributed by atoms with E-state index in [1.54, 1.807) is 0 Å². The number of nitrogens with zero attached hydrogens (tertiary/aromatic N) is 1. The lowest BCUT2D eigenvalue weighted by atomic mass is 10.2. The standard InChI is InChI=1S/C20H28N2O/c1-22(17-19-9-4-2-5-10-19)15-8-13-21-14-16-23-18-20-11-6-3-7-12-20/h2-7,9-12,21H,8,13-18H2,1H3. The first-order chi connectivity index (χ1) is 11.3. The summed E-state index contributed by atoms with van der Waals surface area (Å²) in [4.78, 5) is 2.36. The fourth-order valence-electron chi connectivity index (χ4n) is 2.48. The van der Waals surface area contributed by atoms with Gasteiger partial charge in [-0.25, -0.2) is 0 Å². The topological polar surface area (TPSA) is 24.5 Å². The van der Waals surface area contributed by atoms with Crippen LogP contribution in [0.4, 0.5) is 0 Å². The second-order valence-electron chi connectivity index (χ2n) is 5.87. The molecule has 0 aliphatic heterocycles. The average Bonchev–Trinajstić information content (AvgIpc) is 2.59. The summed E-state index contributed by atoms with van der Waals surface area (Å²) in [5.74, 6) is 0. The van der Waals surface area contributed by atoms with E-state index in [-0.39, 0.29) is 0 Å². The lowest BCUT2D eigenvalue weighted by Gasteiger charge is -2.16. The number of benzene rings is 2. The number of rotatable bonds is 11. The molecule has 0 fully saturated rings. The van der Waals surface area contributed by atoms with Crippen LogP contribution in [0.1, 0.15) is 17.5 Å². The van der Waals surface area contributed by atoms with Crippen molar-refractivity contribution in [1.29, 1.82) is 0 Å². The largest absolute Gasteiger partial charge is 0.375 e. The molecule has 23 heavy (non-hydrogen) atoms. The minimum absolute atomic E-state index is 0.697. The molecular formula is C20H28N2O. The van der Waals surface area contributed by atoms with Gasteiger partial charge in [-0.05, 0) is 37.7 Å². The fourth-order valence-corrected chi connectivity index (χ4v) is 2.48. The van der Waals surface area contributed by atoms with Crippen molar-refractivity contribution in [3.8, 4) is 0 Å². The molecule has 0 saturated carbocycles. The normalized spacial score (nSPS) is 11.0. The maximum absolute atomic E-state index is 5.65. The van der Waals surface area contributed by atoms with Crippen molar-refractivity contribution in [2.75, 3.05) is 33.3 Å². The maximum Gasteiger partial charge on any atom is 0.0717 e. The molecule has 0 aliphatic carbocycles. The van der Waals surface area contributed by atoms with E-state index in [1.165, 1.54) is 11.1 Å². The Labute approximate surface area is 140 Å². The molecule has 0 aromatic heterocycles. The minimum atomic E-state index is 0.697. The highest BCUT2D eigenvalue weighted by Gasteiger charge is 1.99. The van der Waals surface area contributed by atoms with Gasteiger partial charge in [0.2, 0.25) is 0 Å². The molecule has 0 atom stereocenters. The van der Waals surface area contributed by atoms with Crippen molar-refractivity contribution in [2.45, 2.75) is 19.6 Å². The minimum Gasteiger partial charge on any atom is -0.375 e. The summed E-state index contributed by atoms with van der Waals surface area (Å²) in [5.41, 5.74) is 2.60. The van der Waals surface area contributed by atoms with Gasteiger partial charge in [-0.3, -0.25) is 0 Å². The van der Waals surface area contributed by atoms with Gasteiger partial charge < -0.3 is 15.0 Å². The first-order valence-corrected chi connectivity index (χ1v) is 8.39. The summed E-state index contributed by atoms with van der Waals surface area (Å²) >= 11 is 0. The Bertz CT molecular complexity index is 516. The van der Waals surface area contributed by atoms with Gasteiger partial charge in [-0.1, -0.05) is 60.7 Å². The van der Waals surface area contributed by atoms with Gasteiger partial charge in [0.25, 0.3) is 0 Å². The summed E-state index contributed by atoms with van der Waals surface area (Å²) in [6, 6.07) is 20.9. The molecule has 0 bridgehead atoms. The van der Waals surface area contributed by atoms with Gasteiger partial charge in [-0.2, -0.15) is 0 Å². The molecule has 2 aromatic rings. The molecule has 0 radical (unpaired) electrons. The van der Waals surface area contributed by atoms with E-state index in [4.69, 9.17) is 4.74 Å². The molecule has 0 amide bonds. The first kappa shape index (κ1) is 17.7. The highest BCUT2D eigenvalue weighted by molar-refractivity contribution is 5.14. The molecule has 0 unspecified atom stereocenters. The molecule has 2 aromatic carbocycles. The Kier molecular flexibility index (Phi) is 8.41. The second kappa shape index (κ2) is 10.9. The molecule has 3 heteroatoms. The quantitative estimate of drug-likeness (QED) is 0.644. The monoisotopic (exact) mass is 312 g/mol. The zero-order chi connectivity index (χ0) is 16.2. The summed E-state index contributed by atoms with van der Waals surface area (Å²) in [6.45, 7) is 5.52. The molecule has 124 valence electrons. The Morgan fingerprint density at radius 2 is 1.52 bits per heavy atom. The third-order valence-corrected chi connectivity index (χ3v) is 3.72. The van der Waals surface area contributed by atoms with Crippen LogP contribution in [0.5, 0.6) is 0 Å². The molecule has 0 aliphatic rings. The van der Waals surface area contributed by atoms with E-state index in [9.17, 15) is 0 Å². The number of hydrogen-bond acceptors (Lipinski definition) is 3. The van der Waals surface area contributed by atoms with Crippen LogP contribution in [-0.2, 0) is 17.9 Å². The predicted molar refractivity (Wildman–Crippen MR) is 96.4 cm³/mol. The molecule has 3 nitrogen and oxygen atoms in total. The lowest BCUT2D eigenvalue weighted by molar-refractivity contribution is 0.122. The van der Waals surface area contributed by atoms with Crippen LogP contribution in [0.3, 0.4) is 0 Å². The Morgan fingerprint density at radius 1 is 0.870 bits per heavy atom. The Hall–Kier alpha value is -1.68. The third kappa shape index (κ3) is 7.93. The van der Waals surface area contributed by atoms with Crippen LogP contribution >= 0.6 is 0 Å². The molecule has 1 N–H and O–H groups in total. The predicted octanol–water partition coefficient (Wildman–Crippen LogP) is 3.31. The van der Waals surface area contributed by atoms with Gasteiger partial charge in [0, 0.05) is 13.1 Å². The van der Waals surface area contributed by atoms with Crippen molar-refractivity contribution < 1.29 is 4.74 Å². The van der Waals surface area contributed by atoms with Crippen molar-refractivity contribution in [2.24, 2.45) is 0 Å². The van der Waals surface area contributed by atoms with E-state index in [0.29, 0.717) is 6.61 Å². The van der Waals surface area contributed by atoms with Gasteiger partial charge in [0.05, 0.1) is 13.2 Å². The van der Waals surface area contributed by atoms with Crippen LogP contribution in [0, 0.1) is 0 Å². The van der Waals surface area contributed by atoms with E-state index in [0.717, 1.165) is 39.2 Å². The van der Waals surface area contributed by atoms with Gasteiger partial charge in [0.1, 0.15) is 0 Å². The zero-order valence-corrected chi connectivity index (χ0v) is 14.1. The number of ether oxygens (including phenoxy) is 1. The molecule has 0 spiro atoms. The van der Waals surface area contributed by atoms with Crippen LogP contribution in [0.15, 0.2) is 60.7 Å². The molecule has 2 rings (SSSR count). The van der Waals surface area contributed by atoms with Crippen molar-refractivity contribution in [1.82, 2.24) is 10.2 Å². The van der Waals surface area contributed by atoms with E-state index in [1.807, 2.05) is 18.2 Å². The number of nitrogens with one attached hydrogen (secondary N) is 1. The Morgan fingerprint density at radius 3 is 2.22 bits per heavy atom. The van der Waals surface area contributed by atoms with Crippen molar-refractivity contribution in [3.63, 3.8) is 0 Å². The third-order valence-electron chi connectivity index (χ3n) is 3.72. The molecule has 0 heterocycles. The summed E-state index contributed by atoms with van der Waals surface area (Å²) in [5, 5.41) is 3.44. The summed E-state index contributed by atoms with van der Waals surface area (Å²) < 4.78 is 5.65. The number of hydrogen-bond donors (Lipinski definition) is 1. The van der Waals surface area contributed by atoms with Crippen molar-refractivity contribution in [3.05, 3.63) is 71.8 Å². The second-order valence-corrected chi connectivity index (χ2v) is 5.87. The maximum atomic E-state index is 5.65. The van der Waals surface area contributed by atoms with Crippen LogP contribution in [0.2, 0.25) is 0 Å². The molecule has 0 saturated heterocycles. The smallest absolute Gasteiger partial charge is 0.0717 e. The van der Waals surface area contributed by atoms with E-state index >= 15 is 0 Å². The van der Waals surface area contributed by atoms with Crippen LogP contribution in [-0.4, -0.2) is 38.2 Å². The van der Waals surface area contributed by atoms with Crippen LogP contribution < -0.4 is 5.32 Å². The summed E-state index contributed by atoms with van der Waals surface area (Å²) in [7, 11) is 2.18. The summed E-state index contributed by atoms with van der Waals surface area (Å²) in [6.07, 6.45) is 1.15. The zero-order valence-electron chi connectivity index (χ0n) is 14.1. The lowest BCUT2D eigenvalue weighted by Crippen LogP contribution is -2.26. The van der Waals surface area contributed by atoms with E-state index < -0.39 is 0 Å². The highest BCUT2D eigenvalue weighted by Crippen LogP contribution is 2.02. The van der Waals surface area contributed by atoms with Gasteiger partial charge >= 0.3 is 0 Å². The SMILES string of the molecule is CN(CCCNCCOCc1ccccc1)Cc1ccccc1. The highest BCUT2D eigenvalue weighted by atomic mass is 16.5. The first-order valence-electron chi connectivity index (χ1n) is 8.39. The van der Waals surface area contributed by atoms with Crippen LogP contribution in [0.25, 0.3) is 0 Å². The van der Waals surface area contributed by atoms with Gasteiger partial charge in [-0.15, -0.1) is 0 Å². The van der Waals surface area contributed by atoms with Crippen molar-refractivity contribution >= 4 is 0 Å². The van der Waals surface area contributed by atoms with E-state index in [2.05, 4.69) is 59.7 Å².